The van der Waals surface area contributed by atoms with Crippen LogP contribution in [0.5, 0.6) is 0 Å². The minimum Gasteiger partial charge on any atom is -0.311 e. The third kappa shape index (κ3) is 2.84. The molecule has 0 aliphatic carbocycles. The molecule has 0 radical (unpaired) electrons. The molecule has 2 aromatic rings. The summed E-state index contributed by atoms with van der Waals surface area (Å²) < 4.78 is 1.70. The largest absolute Gasteiger partial charge is 0.311 e. The van der Waals surface area contributed by atoms with E-state index >= 15 is 0 Å². The number of hydrogen-bond donors (Lipinski definition) is 1. The predicted octanol–water partition coefficient (Wildman–Crippen LogP) is 2.34. The number of aryl methyl sites for hydroxylation is 1. The maximum atomic E-state index is 6.17. The molecule has 4 nitrogen and oxygen atoms in total. The van der Waals surface area contributed by atoms with Crippen molar-refractivity contribution < 1.29 is 0 Å². The molecule has 0 bridgehead atoms. The Hall–Kier alpha value is -1.39. The van der Waals surface area contributed by atoms with Gasteiger partial charge in [0.05, 0.1) is 22.6 Å². The lowest BCUT2D eigenvalue weighted by atomic mass is 10.2. The molecule has 1 aromatic carbocycles. The van der Waals surface area contributed by atoms with Gasteiger partial charge in [0, 0.05) is 6.54 Å². The van der Waals surface area contributed by atoms with Gasteiger partial charge in [0.2, 0.25) is 0 Å². The summed E-state index contributed by atoms with van der Waals surface area (Å²) in [5.41, 5.74) is 2.89. The fourth-order valence-corrected chi connectivity index (χ4v) is 1.87. The summed E-state index contributed by atoms with van der Waals surface area (Å²) in [5.74, 6) is 0. The van der Waals surface area contributed by atoms with Gasteiger partial charge in [-0.25, -0.2) is 4.68 Å². The first kappa shape index (κ1) is 12.1. The van der Waals surface area contributed by atoms with Gasteiger partial charge in [0.15, 0.2) is 0 Å². The van der Waals surface area contributed by atoms with Crippen molar-refractivity contribution >= 4 is 11.6 Å². The summed E-state index contributed by atoms with van der Waals surface area (Å²) in [6.45, 7) is 5.70. The van der Waals surface area contributed by atoms with Crippen molar-refractivity contribution in [1.82, 2.24) is 20.3 Å². The Morgan fingerprint density at radius 3 is 2.94 bits per heavy atom. The van der Waals surface area contributed by atoms with E-state index in [2.05, 4.69) is 22.6 Å². The second-order valence-corrected chi connectivity index (χ2v) is 4.30. The highest BCUT2D eigenvalue weighted by molar-refractivity contribution is 6.32. The van der Waals surface area contributed by atoms with Gasteiger partial charge in [-0.15, -0.1) is 5.10 Å². The summed E-state index contributed by atoms with van der Waals surface area (Å²) in [6.07, 6.45) is 1.89. The Morgan fingerprint density at radius 1 is 1.41 bits per heavy atom. The van der Waals surface area contributed by atoms with Crippen molar-refractivity contribution in [2.75, 3.05) is 6.54 Å². The number of nitrogens with zero attached hydrogens (tertiary/aromatic N) is 3. The molecule has 0 saturated carbocycles. The van der Waals surface area contributed by atoms with Crippen LogP contribution >= 0.6 is 11.6 Å². The van der Waals surface area contributed by atoms with Gasteiger partial charge < -0.3 is 5.32 Å². The summed E-state index contributed by atoms with van der Waals surface area (Å²) >= 11 is 6.17. The van der Waals surface area contributed by atoms with Gasteiger partial charge in [0.25, 0.3) is 0 Å². The summed E-state index contributed by atoms with van der Waals surface area (Å²) in [5, 5.41) is 12.0. The molecule has 1 N–H and O–H groups in total. The normalized spacial score (nSPS) is 10.8. The third-order valence-electron chi connectivity index (χ3n) is 2.45. The lowest BCUT2D eigenvalue weighted by Gasteiger charge is -2.03. The van der Waals surface area contributed by atoms with Crippen molar-refractivity contribution in [2.24, 2.45) is 0 Å². The molecular weight excluding hydrogens is 236 g/mol. The lowest BCUT2D eigenvalue weighted by Crippen LogP contribution is -2.11. The zero-order chi connectivity index (χ0) is 12.3. The van der Waals surface area contributed by atoms with E-state index in [0.717, 1.165) is 30.0 Å². The highest BCUT2D eigenvalue weighted by Crippen LogP contribution is 2.20. The second kappa shape index (κ2) is 5.29. The van der Waals surface area contributed by atoms with Crippen LogP contribution in [-0.2, 0) is 6.54 Å². The van der Waals surface area contributed by atoms with E-state index in [9.17, 15) is 0 Å². The lowest BCUT2D eigenvalue weighted by molar-refractivity contribution is 0.705. The molecule has 0 aliphatic rings. The summed E-state index contributed by atoms with van der Waals surface area (Å²) in [7, 11) is 0. The average molecular weight is 251 g/mol. The quantitative estimate of drug-likeness (QED) is 0.906. The Kier molecular flexibility index (Phi) is 3.76. The van der Waals surface area contributed by atoms with E-state index in [1.807, 2.05) is 31.3 Å². The van der Waals surface area contributed by atoms with Crippen molar-refractivity contribution in [2.45, 2.75) is 20.4 Å². The van der Waals surface area contributed by atoms with Gasteiger partial charge in [0.1, 0.15) is 0 Å². The van der Waals surface area contributed by atoms with Crippen molar-refractivity contribution in [1.29, 1.82) is 0 Å². The SMILES string of the molecule is CCNCc1cn(-c2ccc(C)cc2Cl)nn1. The Bertz CT molecular complexity index is 507. The van der Waals surface area contributed by atoms with E-state index in [-0.39, 0.29) is 0 Å². The number of rotatable bonds is 4. The summed E-state index contributed by atoms with van der Waals surface area (Å²) in [6, 6.07) is 5.87. The molecule has 0 saturated heterocycles. The molecule has 17 heavy (non-hydrogen) atoms. The molecule has 1 heterocycles. The zero-order valence-electron chi connectivity index (χ0n) is 9.94. The number of aromatic nitrogens is 3. The highest BCUT2D eigenvalue weighted by atomic mass is 35.5. The monoisotopic (exact) mass is 250 g/mol. The topological polar surface area (TPSA) is 42.7 Å². The molecule has 0 atom stereocenters. The van der Waals surface area contributed by atoms with Gasteiger partial charge in [-0.05, 0) is 31.2 Å². The van der Waals surface area contributed by atoms with Crippen LogP contribution in [0.1, 0.15) is 18.2 Å². The fourth-order valence-electron chi connectivity index (χ4n) is 1.55. The predicted molar refractivity (Wildman–Crippen MR) is 68.5 cm³/mol. The second-order valence-electron chi connectivity index (χ2n) is 3.89. The standard InChI is InChI=1S/C12H15ClN4/c1-3-14-7-10-8-17(16-15-10)12-5-4-9(2)6-11(12)13/h4-6,8,14H,3,7H2,1-2H3. The fraction of sp³-hybridized carbons (Fsp3) is 0.333. The zero-order valence-corrected chi connectivity index (χ0v) is 10.7. The van der Waals surface area contributed by atoms with Crippen molar-refractivity contribution in [3.8, 4) is 5.69 Å². The van der Waals surface area contributed by atoms with Crippen LogP contribution in [0.25, 0.3) is 5.69 Å². The Labute approximate surface area is 106 Å². The van der Waals surface area contributed by atoms with Crippen LogP contribution in [0.3, 0.4) is 0 Å². The van der Waals surface area contributed by atoms with Crippen LogP contribution in [0.4, 0.5) is 0 Å². The molecule has 5 heteroatoms. The van der Waals surface area contributed by atoms with Gasteiger partial charge >= 0.3 is 0 Å². The Balaban J connectivity index is 2.24. The molecule has 0 aliphatic heterocycles. The molecule has 0 fully saturated rings. The smallest absolute Gasteiger partial charge is 0.0969 e. The van der Waals surface area contributed by atoms with Gasteiger partial charge in [-0.2, -0.15) is 0 Å². The minimum absolute atomic E-state index is 0.685. The number of benzene rings is 1. The average Bonchev–Trinajstić information content (AvgIpc) is 2.75. The molecule has 0 unspecified atom stereocenters. The van der Waals surface area contributed by atoms with E-state index in [1.165, 1.54) is 0 Å². The maximum Gasteiger partial charge on any atom is 0.0969 e. The van der Waals surface area contributed by atoms with Crippen molar-refractivity contribution in [3.63, 3.8) is 0 Å². The molecule has 0 amide bonds. The van der Waals surface area contributed by atoms with Crippen LogP contribution in [0.2, 0.25) is 5.02 Å². The van der Waals surface area contributed by atoms with E-state index in [1.54, 1.807) is 4.68 Å². The first-order valence-corrected chi connectivity index (χ1v) is 5.97. The Morgan fingerprint density at radius 2 is 2.24 bits per heavy atom. The number of hydrogen-bond acceptors (Lipinski definition) is 3. The van der Waals surface area contributed by atoms with E-state index in [4.69, 9.17) is 11.6 Å². The molecule has 0 spiro atoms. The van der Waals surface area contributed by atoms with Gasteiger partial charge in [-0.1, -0.05) is 29.8 Å². The first-order valence-electron chi connectivity index (χ1n) is 5.59. The minimum atomic E-state index is 0.685. The molecule has 2 rings (SSSR count). The first-order chi connectivity index (χ1) is 8.20. The maximum absolute atomic E-state index is 6.17. The van der Waals surface area contributed by atoms with Crippen LogP contribution in [0.15, 0.2) is 24.4 Å². The summed E-state index contributed by atoms with van der Waals surface area (Å²) in [4.78, 5) is 0. The van der Waals surface area contributed by atoms with Crippen molar-refractivity contribution in [3.05, 3.63) is 40.7 Å². The van der Waals surface area contributed by atoms with Crippen LogP contribution < -0.4 is 5.32 Å². The molecule has 90 valence electrons. The van der Waals surface area contributed by atoms with Crippen LogP contribution in [-0.4, -0.2) is 21.5 Å². The van der Waals surface area contributed by atoms with Gasteiger partial charge in [-0.3, -0.25) is 0 Å². The van der Waals surface area contributed by atoms with E-state index in [0.29, 0.717) is 5.02 Å². The van der Waals surface area contributed by atoms with Crippen LogP contribution in [0, 0.1) is 6.92 Å². The highest BCUT2D eigenvalue weighted by Gasteiger charge is 2.06. The van der Waals surface area contributed by atoms with E-state index < -0.39 is 0 Å². The molecular formula is C12H15ClN4. The number of nitrogens with one attached hydrogen (secondary N) is 1. The third-order valence-corrected chi connectivity index (χ3v) is 2.75. The molecule has 1 aromatic heterocycles. The number of halogens is 1.